The second kappa shape index (κ2) is 7.10. The first-order valence-electron chi connectivity index (χ1n) is 6.84. The van der Waals surface area contributed by atoms with E-state index in [2.05, 4.69) is 44.1 Å². The van der Waals surface area contributed by atoms with E-state index >= 15 is 0 Å². The molecule has 100 valence electrons. The summed E-state index contributed by atoms with van der Waals surface area (Å²) >= 11 is 3.43. The molecule has 1 aliphatic rings. The average molecular weight is 312 g/mol. The zero-order valence-corrected chi connectivity index (χ0v) is 12.6. The van der Waals surface area contributed by atoms with Crippen LogP contribution in [0, 0.1) is 0 Å². The molecule has 1 unspecified atom stereocenters. The fourth-order valence-corrected chi connectivity index (χ4v) is 2.88. The van der Waals surface area contributed by atoms with Crippen LogP contribution in [0.1, 0.15) is 32.6 Å². The molecule has 2 rings (SSSR count). The van der Waals surface area contributed by atoms with Crippen LogP contribution >= 0.6 is 15.9 Å². The maximum absolute atomic E-state index is 4.15. The number of likely N-dealkylation sites (tertiary alicyclic amines) is 1. The molecular formula is C14H22BrN3. The number of anilines is 1. The Labute approximate surface area is 118 Å². The number of aromatic nitrogens is 1. The van der Waals surface area contributed by atoms with Crippen molar-refractivity contribution in [2.75, 3.05) is 25.0 Å². The van der Waals surface area contributed by atoms with E-state index in [0.717, 1.165) is 22.7 Å². The number of hydrogen-bond donors (Lipinski definition) is 1. The number of halogens is 1. The van der Waals surface area contributed by atoms with Crippen molar-refractivity contribution in [2.45, 2.75) is 38.6 Å². The van der Waals surface area contributed by atoms with Gasteiger partial charge in [-0.15, -0.1) is 0 Å². The van der Waals surface area contributed by atoms with Gasteiger partial charge in [-0.2, -0.15) is 0 Å². The quantitative estimate of drug-likeness (QED) is 0.843. The lowest BCUT2D eigenvalue weighted by Gasteiger charge is -2.33. The summed E-state index contributed by atoms with van der Waals surface area (Å²) in [6.07, 6.45) is 9.00. The molecule has 0 amide bonds. The molecule has 1 N–H and O–H groups in total. The topological polar surface area (TPSA) is 28.2 Å². The molecule has 1 aliphatic heterocycles. The predicted molar refractivity (Wildman–Crippen MR) is 79.9 cm³/mol. The van der Waals surface area contributed by atoms with Gasteiger partial charge in [0, 0.05) is 29.8 Å². The molecule has 0 radical (unpaired) electrons. The van der Waals surface area contributed by atoms with Gasteiger partial charge in [-0.3, -0.25) is 4.98 Å². The molecule has 0 aromatic carbocycles. The number of rotatable bonds is 5. The zero-order chi connectivity index (χ0) is 12.8. The van der Waals surface area contributed by atoms with Crippen LogP contribution in [-0.2, 0) is 0 Å². The van der Waals surface area contributed by atoms with E-state index in [9.17, 15) is 0 Å². The van der Waals surface area contributed by atoms with Crippen molar-refractivity contribution >= 4 is 21.6 Å². The molecule has 4 heteroatoms. The molecule has 3 nitrogen and oxygen atoms in total. The zero-order valence-electron chi connectivity index (χ0n) is 11.0. The van der Waals surface area contributed by atoms with E-state index in [1.165, 1.54) is 38.8 Å². The summed E-state index contributed by atoms with van der Waals surface area (Å²) < 4.78 is 1.03. The minimum absolute atomic E-state index is 0.770. The SMILES string of the molecule is CC1CCCCN1CCCNc1cncc(Br)c1. The van der Waals surface area contributed by atoms with Crippen LogP contribution in [0.3, 0.4) is 0 Å². The van der Waals surface area contributed by atoms with Crippen molar-refractivity contribution in [3.05, 3.63) is 22.9 Å². The Morgan fingerprint density at radius 3 is 3.11 bits per heavy atom. The molecule has 0 saturated carbocycles. The number of piperidine rings is 1. The molecule has 0 spiro atoms. The number of nitrogens with one attached hydrogen (secondary N) is 1. The highest BCUT2D eigenvalue weighted by atomic mass is 79.9. The summed E-state index contributed by atoms with van der Waals surface area (Å²) in [5, 5.41) is 3.42. The van der Waals surface area contributed by atoms with E-state index in [1.807, 2.05) is 6.20 Å². The highest BCUT2D eigenvalue weighted by Crippen LogP contribution is 2.17. The van der Waals surface area contributed by atoms with Crippen LogP contribution in [0.15, 0.2) is 22.9 Å². The summed E-state index contributed by atoms with van der Waals surface area (Å²) in [6, 6.07) is 2.84. The van der Waals surface area contributed by atoms with Crippen molar-refractivity contribution in [3.63, 3.8) is 0 Å². The predicted octanol–water partition coefficient (Wildman–Crippen LogP) is 3.52. The summed E-state index contributed by atoms with van der Waals surface area (Å²) in [5.74, 6) is 0. The molecule has 0 bridgehead atoms. The lowest BCUT2D eigenvalue weighted by molar-refractivity contribution is 0.160. The Morgan fingerprint density at radius 1 is 1.44 bits per heavy atom. The molecule has 18 heavy (non-hydrogen) atoms. The molecule has 1 aromatic rings. The Hall–Kier alpha value is -0.610. The van der Waals surface area contributed by atoms with Gasteiger partial charge in [-0.05, 0) is 54.7 Å². The van der Waals surface area contributed by atoms with Gasteiger partial charge in [0.2, 0.25) is 0 Å². The Bertz CT molecular complexity index is 370. The van der Waals surface area contributed by atoms with Gasteiger partial charge in [0.25, 0.3) is 0 Å². The lowest BCUT2D eigenvalue weighted by atomic mass is 10.0. The molecular weight excluding hydrogens is 290 g/mol. The first-order valence-corrected chi connectivity index (χ1v) is 7.63. The van der Waals surface area contributed by atoms with Crippen molar-refractivity contribution in [3.8, 4) is 0 Å². The maximum Gasteiger partial charge on any atom is 0.0538 e. The molecule has 0 aliphatic carbocycles. The van der Waals surface area contributed by atoms with Crippen molar-refractivity contribution in [1.29, 1.82) is 0 Å². The van der Waals surface area contributed by atoms with Crippen molar-refractivity contribution in [1.82, 2.24) is 9.88 Å². The first kappa shape index (κ1) is 13.8. The standard InChI is InChI=1S/C14H22BrN3/c1-12-5-2-3-7-18(12)8-4-6-17-14-9-13(15)10-16-11-14/h9-12,17H,2-8H2,1H3. The van der Waals surface area contributed by atoms with Crippen LogP contribution in [0.5, 0.6) is 0 Å². The Kier molecular flexibility index (Phi) is 5.45. The summed E-state index contributed by atoms with van der Waals surface area (Å²) in [4.78, 5) is 6.76. The van der Waals surface area contributed by atoms with Gasteiger partial charge in [0.1, 0.15) is 0 Å². The number of hydrogen-bond acceptors (Lipinski definition) is 3. The highest BCUT2D eigenvalue weighted by Gasteiger charge is 2.16. The normalized spacial score (nSPS) is 20.9. The fraction of sp³-hybridized carbons (Fsp3) is 0.643. The van der Waals surface area contributed by atoms with Crippen LogP contribution in [-0.4, -0.2) is 35.6 Å². The van der Waals surface area contributed by atoms with Crippen LogP contribution in [0.2, 0.25) is 0 Å². The maximum atomic E-state index is 4.15. The van der Waals surface area contributed by atoms with Crippen molar-refractivity contribution < 1.29 is 0 Å². The molecule has 1 atom stereocenters. The van der Waals surface area contributed by atoms with E-state index in [0.29, 0.717) is 0 Å². The van der Waals surface area contributed by atoms with Crippen LogP contribution in [0.25, 0.3) is 0 Å². The minimum Gasteiger partial charge on any atom is -0.384 e. The average Bonchev–Trinajstić information content (AvgIpc) is 2.37. The third-order valence-corrected chi connectivity index (χ3v) is 4.03. The molecule has 1 saturated heterocycles. The molecule has 2 heterocycles. The van der Waals surface area contributed by atoms with Crippen LogP contribution in [0.4, 0.5) is 5.69 Å². The van der Waals surface area contributed by atoms with E-state index in [-0.39, 0.29) is 0 Å². The Morgan fingerprint density at radius 2 is 2.33 bits per heavy atom. The van der Waals surface area contributed by atoms with Gasteiger partial charge in [-0.1, -0.05) is 6.42 Å². The second-order valence-corrected chi connectivity index (χ2v) is 5.97. The van der Waals surface area contributed by atoms with Gasteiger partial charge >= 0.3 is 0 Å². The third-order valence-electron chi connectivity index (χ3n) is 3.60. The smallest absolute Gasteiger partial charge is 0.0538 e. The number of pyridine rings is 1. The number of nitrogens with zero attached hydrogens (tertiary/aromatic N) is 2. The first-order chi connectivity index (χ1) is 8.75. The van der Waals surface area contributed by atoms with Gasteiger partial charge < -0.3 is 10.2 Å². The molecule has 1 fully saturated rings. The summed E-state index contributed by atoms with van der Waals surface area (Å²) in [5.41, 5.74) is 1.09. The third kappa shape index (κ3) is 4.25. The second-order valence-electron chi connectivity index (χ2n) is 5.05. The van der Waals surface area contributed by atoms with Gasteiger partial charge in [0.15, 0.2) is 0 Å². The summed E-state index contributed by atoms with van der Waals surface area (Å²) in [7, 11) is 0. The van der Waals surface area contributed by atoms with Crippen molar-refractivity contribution in [2.24, 2.45) is 0 Å². The van der Waals surface area contributed by atoms with Gasteiger partial charge in [-0.25, -0.2) is 0 Å². The minimum atomic E-state index is 0.770. The molecule has 1 aromatic heterocycles. The van der Waals surface area contributed by atoms with Gasteiger partial charge in [0.05, 0.1) is 11.9 Å². The van der Waals surface area contributed by atoms with E-state index in [1.54, 1.807) is 6.20 Å². The Balaban J connectivity index is 1.66. The highest BCUT2D eigenvalue weighted by molar-refractivity contribution is 9.10. The van der Waals surface area contributed by atoms with E-state index in [4.69, 9.17) is 0 Å². The lowest BCUT2D eigenvalue weighted by Crippen LogP contribution is -2.38. The summed E-state index contributed by atoms with van der Waals surface area (Å²) in [6.45, 7) is 5.85. The van der Waals surface area contributed by atoms with Crippen LogP contribution < -0.4 is 5.32 Å². The fourth-order valence-electron chi connectivity index (χ4n) is 2.51. The largest absolute Gasteiger partial charge is 0.384 e. The monoisotopic (exact) mass is 311 g/mol. The van der Waals surface area contributed by atoms with E-state index < -0.39 is 0 Å².